The first kappa shape index (κ1) is 22.5. The number of carbonyl (C=O) groups excluding carboxylic acids is 2. The molecule has 2 aromatic rings. The Hall–Kier alpha value is -2.76. The minimum Gasteiger partial charge on any atom is -0.462 e. The van der Waals surface area contributed by atoms with Crippen LogP contribution in [0.4, 0.5) is 8.78 Å². The van der Waals surface area contributed by atoms with E-state index in [-0.39, 0.29) is 23.5 Å². The van der Waals surface area contributed by atoms with E-state index in [1.807, 2.05) is 0 Å². The van der Waals surface area contributed by atoms with Crippen molar-refractivity contribution in [3.05, 3.63) is 65.2 Å². The fourth-order valence-electron chi connectivity index (χ4n) is 2.89. The van der Waals surface area contributed by atoms with E-state index in [9.17, 15) is 18.4 Å². The molecule has 4 nitrogen and oxygen atoms in total. The number of esters is 2. The second kappa shape index (κ2) is 11.9. The lowest BCUT2D eigenvalue weighted by Crippen LogP contribution is -2.16. The highest BCUT2D eigenvalue weighted by Gasteiger charge is 2.20. The Labute approximate surface area is 169 Å². The molecule has 0 aliphatic heterocycles. The van der Waals surface area contributed by atoms with E-state index < -0.39 is 23.6 Å². The van der Waals surface area contributed by atoms with E-state index in [1.54, 1.807) is 12.1 Å². The number of halogens is 2. The predicted octanol–water partition coefficient (Wildman–Crippen LogP) is 6.09. The molecule has 0 aliphatic rings. The van der Waals surface area contributed by atoms with Crippen LogP contribution in [0, 0.1) is 11.6 Å². The van der Waals surface area contributed by atoms with Crippen molar-refractivity contribution < 1.29 is 27.8 Å². The number of benzene rings is 2. The van der Waals surface area contributed by atoms with E-state index in [1.165, 1.54) is 37.8 Å². The third-order valence-corrected chi connectivity index (χ3v) is 4.39. The zero-order valence-electron chi connectivity index (χ0n) is 16.6. The summed E-state index contributed by atoms with van der Waals surface area (Å²) in [5.41, 5.74) is 0.0269. The van der Waals surface area contributed by atoms with Crippen LogP contribution in [0.3, 0.4) is 0 Å². The van der Waals surface area contributed by atoms with Gasteiger partial charge in [-0.05, 0) is 18.6 Å². The van der Waals surface area contributed by atoms with Gasteiger partial charge in [0.15, 0.2) is 0 Å². The summed E-state index contributed by atoms with van der Waals surface area (Å²) in [7, 11) is 0. The third kappa shape index (κ3) is 7.64. The normalized spacial score (nSPS) is 10.6. The maximum Gasteiger partial charge on any atom is 0.344 e. The SMILES string of the molecule is CCCCCCCCCOC(=O)c1ccccc1C(=O)Oc1cc(F)cc(F)c1. The van der Waals surface area contributed by atoms with Crippen molar-refractivity contribution in [1.82, 2.24) is 0 Å². The second-order valence-corrected chi connectivity index (χ2v) is 6.80. The molecule has 0 saturated heterocycles. The molecule has 2 rings (SSSR count). The van der Waals surface area contributed by atoms with Crippen molar-refractivity contribution in [3.8, 4) is 5.75 Å². The summed E-state index contributed by atoms with van der Waals surface area (Å²) in [6, 6.07) is 8.48. The van der Waals surface area contributed by atoms with E-state index in [4.69, 9.17) is 9.47 Å². The van der Waals surface area contributed by atoms with Gasteiger partial charge in [0, 0.05) is 18.2 Å². The molecule has 0 spiro atoms. The van der Waals surface area contributed by atoms with Gasteiger partial charge < -0.3 is 9.47 Å². The number of hydrogen-bond donors (Lipinski definition) is 0. The average Bonchev–Trinajstić information content (AvgIpc) is 2.69. The number of carbonyl (C=O) groups is 2. The van der Waals surface area contributed by atoms with Crippen LogP contribution < -0.4 is 4.74 Å². The summed E-state index contributed by atoms with van der Waals surface area (Å²) in [6.45, 7) is 2.44. The monoisotopic (exact) mass is 404 g/mol. The van der Waals surface area contributed by atoms with E-state index in [0.717, 1.165) is 31.4 Å². The van der Waals surface area contributed by atoms with Crippen LogP contribution in [0.2, 0.25) is 0 Å². The van der Waals surface area contributed by atoms with Gasteiger partial charge >= 0.3 is 11.9 Å². The number of hydrogen-bond acceptors (Lipinski definition) is 4. The van der Waals surface area contributed by atoms with Crippen molar-refractivity contribution in [2.45, 2.75) is 51.9 Å². The molecule has 2 aromatic carbocycles. The molecule has 6 heteroatoms. The number of rotatable bonds is 11. The van der Waals surface area contributed by atoms with Gasteiger partial charge in [-0.3, -0.25) is 0 Å². The maximum absolute atomic E-state index is 13.3. The van der Waals surface area contributed by atoms with Crippen molar-refractivity contribution >= 4 is 11.9 Å². The summed E-state index contributed by atoms with van der Waals surface area (Å²) in [4.78, 5) is 24.7. The molecule has 29 heavy (non-hydrogen) atoms. The highest BCUT2D eigenvalue weighted by Crippen LogP contribution is 2.19. The van der Waals surface area contributed by atoms with E-state index >= 15 is 0 Å². The molecular formula is C23H26F2O4. The van der Waals surface area contributed by atoms with Crippen LogP contribution >= 0.6 is 0 Å². The van der Waals surface area contributed by atoms with Gasteiger partial charge in [0.2, 0.25) is 0 Å². The largest absolute Gasteiger partial charge is 0.462 e. The molecule has 0 unspecified atom stereocenters. The van der Waals surface area contributed by atoms with Gasteiger partial charge in [0.25, 0.3) is 0 Å². The Morgan fingerprint density at radius 1 is 0.793 bits per heavy atom. The summed E-state index contributed by atoms with van der Waals surface area (Å²) < 4.78 is 36.8. The minimum atomic E-state index is -0.890. The molecule has 0 fully saturated rings. The summed E-state index contributed by atoms with van der Waals surface area (Å²) in [5.74, 6) is -3.53. The molecule has 0 amide bonds. The summed E-state index contributed by atoms with van der Waals surface area (Å²) in [5, 5.41) is 0. The van der Waals surface area contributed by atoms with Crippen LogP contribution in [-0.4, -0.2) is 18.5 Å². The van der Waals surface area contributed by atoms with Crippen LogP contribution in [0.25, 0.3) is 0 Å². The Kier molecular flexibility index (Phi) is 9.28. The van der Waals surface area contributed by atoms with Crippen molar-refractivity contribution in [2.24, 2.45) is 0 Å². The fourth-order valence-corrected chi connectivity index (χ4v) is 2.89. The topological polar surface area (TPSA) is 52.6 Å². The summed E-state index contributed by atoms with van der Waals surface area (Å²) >= 11 is 0. The Balaban J connectivity index is 1.90. The van der Waals surface area contributed by atoms with Gasteiger partial charge in [-0.2, -0.15) is 0 Å². The van der Waals surface area contributed by atoms with Gasteiger partial charge in [-0.1, -0.05) is 57.6 Å². The first-order valence-corrected chi connectivity index (χ1v) is 9.95. The Morgan fingerprint density at radius 2 is 1.34 bits per heavy atom. The van der Waals surface area contributed by atoms with E-state index in [2.05, 4.69) is 6.92 Å². The quantitative estimate of drug-likeness (QED) is 0.258. The van der Waals surface area contributed by atoms with Crippen LogP contribution in [0.5, 0.6) is 5.75 Å². The Morgan fingerprint density at radius 3 is 1.97 bits per heavy atom. The van der Waals surface area contributed by atoms with Gasteiger partial charge in [0.05, 0.1) is 17.7 Å². The van der Waals surface area contributed by atoms with Crippen LogP contribution in [-0.2, 0) is 4.74 Å². The highest BCUT2D eigenvalue weighted by molar-refractivity contribution is 6.03. The molecule has 0 radical (unpaired) electrons. The van der Waals surface area contributed by atoms with Crippen molar-refractivity contribution in [1.29, 1.82) is 0 Å². The molecular weight excluding hydrogens is 378 g/mol. The first-order valence-electron chi connectivity index (χ1n) is 9.95. The second-order valence-electron chi connectivity index (χ2n) is 6.80. The molecule has 0 aliphatic carbocycles. The smallest absolute Gasteiger partial charge is 0.344 e. The number of unbranched alkanes of at least 4 members (excludes halogenated alkanes) is 6. The van der Waals surface area contributed by atoms with Crippen molar-refractivity contribution in [2.75, 3.05) is 6.61 Å². The molecule has 0 saturated carbocycles. The van der Waals surface area contributed by atoms with Crippen LogP contribution in [0.15, 0.2) is 42.5 Å². The lowest BCUT2D eigenvalue weighted by atomic mass is 10.1. The van der Waals surface area contributed by atoms with Crippen molar-refractivity contribution in [3.63, 3.8) is 0 Å². The molecule has 0 N–H and O–H groups in total. The van der Waals surface area contributed by atoms with Gasteiger partial charge in [-0.25, -0.2) is 18.4 Å². The number of ether oxygens (including phenoxy) is 2. The first-order chi connectivity index (χ1) is 14.0. The lowest BCUT2D eigenvalue weighted by molar-refractivity contribution is 0.0489. The zero-order chi connectivity index (χ0) is 21.1. The van der Waals surface area contributed by atoms with Crippen LogP contribution in [0.1, 0.15) is 72.6 Å². The molecule has 156 valence electrons. The standard InChI is InChI=1S/C23H26F2O4/c1-2-3-4-5-6-7-10-13-28-22(26)20-11-8-9-12-21(20)23(27)29-19-15-17(24)14-18(25)16-19/h8-9,11-12,14-16H,2-7,10,13H2,1H3. The molecule has 0 heterocycles. The fraction of sp³-hybridized carbons (Fsp3) is 0.391. The minimum absolute atomic E-state index is 0.0262. The third-order valence-electron chi connectivity index (χ3n) is 4.39. The van der Waals surface area contributed by atoms with E-state index in [0.29, 0.717) is 6.07 Å². The molecule has 0 aromatic heterocycles. The summed E-state index contributed by atoms with van der Waals surface area (Å²) in [6.07, 6.45) is 7.68. The predicted molar refractivity (Wildman–Crippen MR) is 106 cm³/mol. The van der Waals surface area contributed by atoms with Gasteiger partial charge in [0.1, 0.15) is 17.4 Å². The zero-order valence-corrected chi connectivity index (χ0v) is 16.6. The lowest BCUT2D eigenvalue weighted by Gasteiger charge is -2.10. The Bertz CT molecular complexity index is 800. The average molecular weight is 404 g/mol. The highest BCUT2D eigenvalue weighted by atomic mass is 19.1. The molecule has 0 bridgehead atoms. The molecule has 0 atom stereocenters. The maximum atomic E-state index is 13.3. The van der Waals surface area contributed by atoms with Gasteiger partial charge in [-0.15, -0.1) is 0 Å².